The van der Waals surface area contributed by atoms with Gasteiger partial charge < -0.3 is 29.5 Å². The monoisotopic (exact) mass is 220 g/mol. The van der Waals surface area contributed by atoms with Gasteiger partial charge in [0, 0.05) is 0 Å². The molecule has 0 aliphatic carbocycles. The smallest absolute Gasteiger partial charge is 0.184 e. The van der Waals surface area contributed by atoms with Crippen LogP contribution in [-0.2, 0) is 14.2 Å². The Hall–Kier alpha value is -0.240. The van der Waals surface area contributed by atoms with Crippen LogP contribution in [0.4, 0.5) is 0 Å². The molecule has 0 aromatic rings. The van der Waals surface area contributed by atoms with E-state index in [0.29, 0.717) is 0 Å². The van der Waals surface area contributed by atoms with Crippen molar-refractivity contribution in [1.29, 1.82) is 0 Å². The van der Waals surface area contributed by atoms with E-state index in [9.17, 15) is 10.2 Å². The van der Waals surface area contributed by atoms with Crippen molar-refractivity contribution in [2.45, 2.75) is 50.3 Å². The highest BCUT2D eigenvalue weighted by Gasteiger charge is 2.53. The minimum Gasteiger partial charge on any atom is -0.394 e. The lowest BCUT2D eigenvalue weighted by Crippen LogP contribution is -2.67. The highest BCUT2D eigenvalue weighted by atomic mass is 16.8. The Morgan fingerprint density at radius 3 is 2.33 bits per heavy atom. The van der Waals surface area contributed by atoms with Crippen LogP contribution in [-0.4, -0.2) is 58.4 Å². The molecular formula is C9H16O6. The molecule has 1 unspecified atom stereocenters. The Morgan fingerprint density at radius 2 is 1.73 bits per heavy atom. The van der Waals surface area contributed by atoms with Gasteiger partial charge in [-0.2, -0.15) is 0 Å². The van der Waals surface area contributed by atoms with Crippen molar-refractivity contribution < 1.29 is 29.5 Å². The van der Waals surface area contributed by atoms with Crippen LogP contribution < -0.4 is 0 Å². The van der Waals surface area contributed by atoms with Gasteiger partial charge in [-0.25, -0.2) is 0 Å². The predicted octanol–water partition coefficient (Wildman–Crippen LogP) is -1.42. The summed E-state index contributed by atoms with van der Waals surface area (Å²) in [4.78, 5) is 0. The lowest BCUT2D eigenvalue weighted by Gasteiger charge is -2.51. The number of rotatable bonds is 1. The van der Waals surface area contributed by atoms with Crippen LogP contribution in [0.2, 0.25) is 0 Å². The third kappa shape index (κ3) is 1.89. The van der Waals surface area contributed by atoms with E-state index in [1.54, 1.807) is 13.8 Å². The summed E-state index contributed by atoms with van der Waals surface area (Å²) in [5.41, 5.74) is 0. The zero-order valence-corrected chi connectivity index (χ0v) is 8.66. The molecule has 0 radical (unpaired) electrons. The van der Waals surface area contributed by atoms with Gasteiger partial charge in [-0.3, -0.25) is 0 Å². The molecule has 0 aromatic carbocycles. The summed E-state index contributed by atoms with van der Waals surface area (Å²) in [5.74, 6) is -0.896. The van der Waals surface area contributed by atoms with E-state index in [1.165, 1.54) is 0 Å². The van der Waals surface area contributed by atoms with Gasteiger partial charge in [0.2, 0.25) is 0 Å². The molecule has 15 heavy (non-hydrogen) atoms. The van der Waals surface area contributed by atoms with Crippen LogP contribution in [0.3, 0.4) is 0 Å². The van der Waals surface area contributed by atoms with Crippen molar-refractivity contribution in [2.24, 2.45) is 0 Å². The Morgan fingerprint density at radius 1 is 1.13 bits per heavy atom. The van der Waals surface area contributed by atoms with E-state index in [2.05, 4.69) is 0 Å². The Balaban J connectivity index is 2.22. The van der Waals surface area contributed by atoms with E-state index >= 15 is 0 Å². The standard InChI is InChI=1S/C9H16O6/c1-9(2)14-6-4(3-10)13-8(12)7(15-9)5(6)11/h4-8,10-12H,3H2,1-2H3/t4-,5+,6-,7-,8?/m1/s1. The van der Waals surface area contributed by atoms with Gasteiger partial charge in [0.15, 0.2) is 12.1 Å². The second-order valence-corrected chi connectivity index (χ2v) is 4.30. The summed E-state index contributed by atoms with van der Waals surface area (Å²) in [6.07, 6.45) is -4.46. The highest BCUT2D eigenvalue weighted by molar-refractivity contribution is 4.95. The number of aliphatic hydroxyl groups excluding tert-OH is 3. The molecule has 5 atom stereocenters. The number of hydrogen-bond donors (Lipinski definition) is 3. The van der Waals surface area contributed by atoms with Crippen LogP contribution in [0.1, 0.15) is 13.8 Å². The highest BCUT2D eigenvalue weighted by Crippen LogP contribution is 2.35. The Kier molecular flexibility index (Phi) is 2.74. The zero-order chi connectivity index (χ0) is 11.2. The van der Waals surface area contributed by atoms with Crippen LogP contribution in [0.25, 0.3) is 0 Å². The molecule has 2 saturated heterocycles. The summed E-state index contributed by atoms with van der Waals surface area (Å²) >= 11 is 0. The quantitative estimate of drug-likeness (QED) is 0.502. The minimum absolute atomic E-state index is 0.318. The number of ether oxygens (including phenoxy) is 3. The first-order valence-electron chi connectivity index (χ1n) is 4.93. The van der Waals surface area contributed by atoms with E-state index < -0.39 is 36.5 Å². The lowest BCUT2D eigenvalue weighted by molar-refractivity contribution is -0.416. The molecule has 2 heterocycles. The molecule has 0 amide bonds. The summed E-state index contributed by atoms with van der Waals surface area (Å²) in [6, 6.07) is 0. The maximum Gasteiger partial charge on any atom is 0.184 e. The van der Waals surface area contributed by atoms with Crippen molar-refractivity contribution in [3.05, 3.63) is 0 Å². The van der Waals surface area contributed by atoms with Crippen LogP contribution >= 0.6 is 0 Å². The van der Waals surface area contributed by atoms with E-state index in [0.717, 1.165) is 0 Å². The third-order valence-corrected chi connectivity index (χ3v) is 2.65. The van der Waals surface area contributed by atoms with Crippen LogP contribution in [0.5, 0.6) is 0 Å². The lowest BCUT2D eigenvalue weighted by atomic mass is 9.96. The minimum atomic E-state index is -1.24. The number of hydrogen-bond acceptors (Lipinski definition) is 6. The Bertz CT molecular complexity index is 241. The average Bonchev–Trinajstić information content (AvgIpc) is 2.15. The predicted molar refractivity (Wildman–Crippen MR) is 47.8 cm³/mol. The van der Waals surface area contributed by atoms with Crippen molar-refractivity contribution in [1.82, 2.24) is 0 Å². The fraction of sp³-hybridized carbons (Fsp3) is 1.00. The molecule has 88 valence electrons. The molecule has 2 aliphatic heterocycles. The first kappa shape index (κ1) is 11.3. The first-order chi connectivity index (χ1) is 6.94. The van der Waals surface area contributed by atoms with Gasteiger partial charge >= 0.3 is 0 Å². The SMILES string of the molecule is CC1(C)O[C@H]2[C@H](O)[C@@H](O1)C(O)O[C@@H]2CO. The van der Waals surface area contributed by atoms with Crippen molar-refractivity contribution >= 4 is 0 Å². The van der Waals surface area contributed by atoms with E-state index in [-0.39, 0.29) is 6.61 Å². The first-order valence-corrected chi connectivity index (χ1v) is 4.93. The summed E-state index contributed by atoms with van der Waals surface area (Å²) in [6.45, 7) is 3.05. The van der Waals surface area contributed by atoms with Gasteiger partial charge in [0.05, 0.1) is 6.61 Å². The topological polar surface area (TPSA) is 88.4 Å². The maximum atomic E-state index is 9.79. The van der Waals surface area contributed by atoms with Gasteiger partial charge in [0.1, 0.15) is 24.4 Å². The molecule has 6 nitrogen and oxygen atoms in total. The van der Waals surface area contributed by atoms with Crippen molar-refractivity contribution in [3.8, 4) is 0 Å². The zero-order valence-electron chi connectivity index (χ0n) is 8.66. The molecule has 0 spiro atoms. The van der Waals surface area contributed by atoms with E-state index in [1.807, 2.05) is 0 Å². The summed E-state index contributed by atoms with van der Waals surface area (Å²) in [5, 5.41) is 28.4. The van der Waals surface area contributed by atoms with Crippen LogP contribution in [0.15, 0.2) is 0 Å². The maximum absolute atomic E-state index is 9.79. The van der Waals surface area contributed by atoms with Gasteiger partial charge in [0.25, 0.3) is 0 Å². The molecule has 2 fully saturated rings. The second kappa shape index (κ2) is 3.65. The second-order valence-electron chi connectivity index (χ2n) is 4.30. The molecule has 6 heteroatoms. The average molecular weight is 220 g/mol. The van der Waals surface area contributed by atoms with Gasteiger partial charge in [-0.15, -0.1) is 0 Å². The largest absolute Gasteiger partial charge is 0.394 e. The molecule has 2 rings (SSSR count). The number of fused-ring (bicyclic) bond motifs is 2. The third-order valence-electron chi connectivity index (χ3n) is 2.65. The molecule has 3 N–H and O–H groups in total. The van der Waals surface area contributed by atoms with Crippen molar-refractivity contribution in [2.75, 3.05) is 6.61 Å². The van der Waals surface area contributed by atoms with Gasteiger partial charge in [-0.1, -0.05) is 0 Å². The van der Waals surface area contributed by atoms with Gasteiger partial charge in [-0.05, 0) is 13.8 Å². The summed E-state index contributed by atoms with van der Waals surface area (Å²) < 4.78 is 15.8. The summed E-state index contributed by atoms with van der Waals surface area (Å²) in [7, 11) is 0. The van der Waals surface area contributed by atoms with Crippen LogP contribution in [0, 0.1) is 0 Å². The normalized spacial score (nSPS) is 49.0. The number of aliphatic hydroxyl groups is 3. The molecular weight excluding hydrogens is 204 g/mol. The molecule has 0 aromatic heterocycles. The molecule has 2 aliphatic rings. The molecule has 2 bridgehead atoms. The van der Waals surface area contributed by atoms with Crippen molar-refractivity contribution in [3.63, 3.8) is 0 Å². The fourth-order valence-corrected chi connectivity index (χ4v) is 2.01. The Labute approximate surface area is 87.4 Å². The fourth-order valence-electron chi connectivity index (χ4n) is 2.01. The van der Waals surface area contributed by atoms with E-state index in [4.69, 9.17) is 19.3 Å². The molecule has 0 saturated carbocycles.